The molecule has 0 aliphatic heterocycles. The number of amides is 1. The molecule has 2 nitrogen and oxygen atoms in total. The zero-order chi connectivity index (χ0) is 14.3. The van der Waals surface area contributed by atoms with Crippen molar-refractivity contribution in [1.29, 1.82) is 0 Å². The SMILES string of the molecule is CCCCC(CC)CNC(=O)c1ccc(C)cc1I. The van der Waals surface area contributed by atoms with Gasteiger partial charge >= 0.3 is 0 Å². The minimum absolute atomic E-state index is 0.0550. The van der Waals surface area contributed by atoms with Gasteiger partial charge in [-0.15, -0.1) is 0 Å². The van der Waals surface area contributed by atoms with Gasteiger partial charge in [0.15, 0.2) is 0 Å². The van der Waals surface area contributed by atoms with Crippen LogP contribution >= 0.6 is 22.6 Å². The van der Waals surface area contributed by atoms with Crippen LogP contribution in [0.2, 0.25) is 0 Å². The number of carbonyl (C=O) groups excluding carboxylic acids is 1. The molecule has 0 spiro atoms. The molecule has 0 aliphatic rings. The molecule has 1 aromatic rings. The summed E-state index contributed by atoms with van der Waals surface area (Å²) in [6.07, 6.45) is 4.81. The summed E-state index contributed by atoms with van der Waals surface area (Å²) < 4.78 is 1.02. The highest BCUT2D eigenvalue weighted by molar-refractivity contribution is 14.1. The van der Waals surface area contributed by atoms with E-state index in [0.717, 1.165) is 22.1 Å². The number of rotatable bonds is 7. The van der Waals surface area contributed by atoms with E-state index in [1.165, 1.54) is 24.8 Å². The molecule has 1 amide bonds. The Morgan fingerprint density at radius 3 is 2.68 bits per heavy atom. The summed E-state index contributed by atoms with van der Waals surface area (Å²) in [5, 5.41) is 3.08. The van der Waals surface area contributed by atoms with Crippen molar-refractivity contribution >= 4 is 28.5 Å². The first kappa shape index (κ1) is 16.5. The van der Waals surface area contributed by atoms with Crippen LogP contribution in [-0.4, -0.2) is 12.5 Å². The fourth-order valence-corrected chi connectivity index (χ4v) is 3.00. The van der Waals surface area contributed by atoms with Crippen LogP contribution in [-0.2, 0) is 0 Å². The average molecular weight is 373 g/mol. The Kier molecular flexibility index (Phi) is 7.42. The van der Waals surface area contributed by atoms with Gasteiger partial charge in [-0.1, -0.05) is 44.7 Å². The molecule has 3 heteroatoms. The third-order valence-electron chi connectivity index (χ3n) is 3.46. The number of carbonyl (C=O) groups is 1. The predicted molar refractivity (Wildman–Crippen MR) is 89.5 cm³/mol. The molecule has 1 aromatic carbocycles. The van der Waals surface area contributed by atoms with Crippen LogP contribution in [0.5, 0.6) is 0 Å². The van der Waals surface area contributed by atoms with Crippen molar-refractivity contribution in [3.63, 3.8) is 0 Å². The molecule has 1 N–H and O–H groups in total. The Hall–Kier alpha value is -0.580. The standard InChI is InChI=1S/C16H24INO/c1-4-6-7-13(5-2)11-18-16(19)14-9-8-12(3)10-15(14)17/h8-10,13H,4-7,11H2,1-3H3,(H,18,19). The van der Waals surface area contributed by atoms with Gasteiger partial charge in [-0.3, -0.25) is 4.79 Å². The Morgan fingerprint density at radius 2 is 2.11 bits per heavy atom. The van der Waals surface area contributed by atoms with E-state index in [1.54, 1.807) is 0 Å². The van der Waals surface area contributed by atoms with Gasteiger partial charge in [-0.05, 0) is 54.0 Å². The van der Waals surface area contributed by atoms with Crippen LogP contribution in [0.15, 0.2) is 18.2 Å². The number of aryl methyl sites for hydroxylation is 1. The summed E-state index contributed by atoms with van der Waals surface area (Å²) >= 11 is 2.23. The summed E-state index contributed by atoms with van der Waals surface area (Å²) in [6, 6.07) is 5.95. The van der Waals surface area contributed by atoms with Crippen LogP contribution in [0.4, 0.5) is 0 Å². The highest BCUT2D eigenvalue weighted by atomic mass is 127. The summed E-state index contributed by atoms with van der Waals surface area (Å²) in [5.74, 6) is 0.659. The Morgan fingerprint density at radius 1 is 1.37 bits per heavy atom. The van der Waals surface area contributed by atoms with E-state index >= 15 is 0 Å². The molecule has 1 rings (SSSR count). The molecule has 0 fully saturated rings. The molecule has 0 bridgehead atoms. The van der Waals surface area contributed by atoms with Crippen molar-refractivity contribution in [2.24, 2.45) is 5.92 Å². The van der Waals surface area contributed by atoms with Crippen molar-refractivity contribution in [2.75, 3.05) is 6.54 Å². The number of unbranched alkanes of at least 4 members (excludes halogenated alkanes) is 1. The van der Waals surface area contributed by atoms with E-state index in [9.17, 15) is 4.79 Å². The molecule has 0 aromatic heterocycles. The molecular weight excluding hydrogens is 349 g/mol. The van der Waals surface area contributed by atoms with Gasteiger partial charge in [-0.2, -0.15) is 0 Å². The van der Waals surface area contributed by atoms with Crippen molar-refractivity contribution in [1.82, 2.24) is 5.32 Å². The molecule has 106 valence electrons. The highest BCUT2D eigenvalue weighted by Gasteiger charge is 2.12. The number of halogens is 1. The predicted octanol–water partition coefficient (Wildman–Crippen LogP) is 4.55. The van der Waals surface area contributed by atoms with Crippen LogP contribution in [0.25, 0.3) is 0 Å². The lowest BCUT2D eigenvalue weighted by molar-refractivity contribution is 0.0945. The average Bonchev–Trinajstić information content (AvgIpc) is 2.38. The Balaban J connectivity index is 2.54. The van der Waals surface area contributed by atoms with Crippen molar-refractivity contribution < 1.29 is 4.79 Å². The quantitative estimate of drug-likeness (QED) is 0.699. The summed E-state index contributed by atoms with van der Waals surface area (Å²) in [5.41, 5.74) is 1.98. The first-order chi connectivity index (χ1) is 9.08. The van der Waals surface area contributed by atoms with Gasteiger partial charge in [-0.25, -0.2) is 0 Å². The topological polar surface area (TPSA) is 29.1 Å². The summed E-state index contributed by atoms with van der Waals surface area (Å²) in [4.78, 5) is 12.2. The fraction of sp³-hybridized carbons (Fsp3) is 0.562. The second-order valence-electron chi connectivity index (χ2n) is 5.11. The minimum atomic E-state index is 0.0550. The first-order valence-corrected chi connectivity index (χ1v) is 8.20. The zero-order valence-electron chi connectivity index (χ0n) is 12.1. The number of hydrogen-bond acceptors (Lipinski definition) is 1. The van der Waals surface area contributed by atoms with Gasteiger partial charge in [0.2, 0.25) is 0 Å². The van der Waals surface area contributed by atoms with Crippen molar-refractivity contribution in [3.05, 3.63) is 32.9 Å². The second-order valence-corrected chi connectivity index (χ2v) is 6.27. The van der Waals surface area contributed by atoms with Gasteiger partial charge in [0.05, 0.1) is 5.56 Å². The molecule has 0 saturated carbocycles. The number of benzene rings is 1. The monoisotopic (exact) mass is 373 g/mol. The van der Waals surface area contributed by atoms with Crippen molar-refractivity contribution in [2.45, 2.75) is 46.5 Å². The molecule has 1 atom stereocenters. The fourth-order valence-electron chi connectivity index (χ4n) is 2.08. The normalized spacial score (nSPS) is 12.2. The van der Waals surface area contributed by atoms with E-state index in [1.807, 2.05) is 25.1 Å². The largest absolute Gasteiger partial charge is 0.352 e. The van der Waals surface area contributed by atoms with Crippen LogP contribution in [0, 0.1) is 16.4 Å². The van der Waals surface area contributed by atoms with Gasteiger partial charge in [0.1, 0.15) is 0 Å². The maximum absolute atomic E-state index is 12.2. The molecule has 19 heavy (non-hydrogen) atoms. The zero-order valence-corrected chi connectivity index (χ0v) is 14.3. The van der Waals surface area contributed by atoms with Crippen LogP contribution in [0.3, 0.4) is 0 Å². The smallest absolute Gasteiger partial charge is 0.252 e. The second kappa shape index (κ2) is 8.56. The lowest BCUT2D eigenvalue weighted by atomic mass is 9.99. The van der Waals surface area contributed by atoms with E-state index in [2.05, 4.69) is 41.8 Å². The summed E-state index contributed by atoms with van der Waals surface area (Å²) in [7, 11) is 0. The summed E-state index contributed by atoms with van der Waals surface area (Å²) in [6.45, 7) is 7.24. The van der Waals surface area contributed by atoms with Gasteiger partial charge in [0.25, 0.3) is 5.91 Å². The van der Waals surface area contributed by atoms with E-state index in [0.29, 0.717) is 5.92 Å². The van der Waals surface area contributed by atoms with Crippen LogP contribution in [0.1, 0.15) is 55.5 Å². The Bertz CT molecular complexity index is 417. The lowest BCUT2D eigenvalue weighted by Crippen LogP contribution is -2.29. The number of nitrogens with one attached hydrogen (secondary N) is 1. The molecule has 0 saturated heterocycles. The van der Waals surface area contributed by atoms with Crippen LogP contribution < -0.4 is 5.32 Å². The van der Waals surface area contributed by atoms with Gasteiger partial charge < -0.3 is 5.32 Å². The van der Waals surface area contributed by atoms with Gasteiger partial charge in [0, 0.05) is 10.1 Å². The molecular formula is C16H24INO. The first-order valence-electron chi connectivity index (χ1n) is 7.12. The third kappa shape index (κ3) is 5.51. The van der Waals surface area contributed by atoms with Crippen molar-refractivity contribution in [3.8, 4) is 0 Å². The molecule has 0 heterocycles. The Labute approximate surface area is 130 Å². The third-order valence-corrected chi connectivity index (χ3v) is 4.36. The molecule has 0 aliphatic carbocycles. The number of hydrogen-bond donors (Lipinski definition) is 1. The maximum atomic E-state index is 12.2. The lowest BCUT2D eigenvalue weighted by Gasteiger charge is -2.15. The maximum Gasteiger partial charge on any atom is 0.252 e. The molecule has 0 radical (unpaired) electrons. The highest BCUT2D eigenvalue weighted by Crippen LogP contribution is 2.15. The molecule has 1 unspecified atom stereocenters. The minimum Gasteiger partial charge on any atom is -0.352 e. The van der Waals surface area contributed by atoms with E-state index in [4.69, 9.17) is 0 Å². The van der Waals surface area contributed by atoms with E-state index < -0.39 is 0 Å². The van der Waals surface area contributed by atoms with E-state index in [-0.39, 0.29) is 5.91 Å².